The fourth-order valence-electron chi connectivity index (χ4n) is 1.72. The van der Waals surface area contributed by atoms with E-state index in [9.17, 15) is 4.79 Å². The lowest BCUT2D eigenvalue weighted by molar-refractivity contribution is 0.0690. The summed E-state index contributed by atoms with van der Waals surface area (Å²) in [6, 6.07) is 0.266. The zero-order valence-electron chi connectivity index (χ0n) is 8.83. The van der Waals surface area contributed by atoms with Crippen molar-refractivity contribution in [2.75, 3.05) is 18.0 Å². The molecular formula is C10H14N4O2. The normalized spacial score (nSPS) is 17.4. The number of piperidine rings is 1. The van der Waals surface area contributed by atoms with Crippen LogP contribution in [0.15, 0.2) is 12.4 Å². The summed E-state index contributed by atoms with van der Waals surface area (Å²) in [5.41, 5.74) is 5.77. The van der Waals surface area contributed by atoms with E-state index >= 15 is 0 Å². The summed E-state index contributed by atoms with van der Waals surface area (Å²) in [5, 5.41) is 8.69. The smallest absolute Gasteiger partial charge is 0.356 e. The van der Waals surface area contributed by atoms with Crippen LogP contribution in [0, 0.1) is 0 Å². The predicted octanol–water partition coefficient (Wildman–Crippen LogP) is 0.102. The maximum atomic E-state index is 10.6. The van der Waals surface area contributed by atoms with Gasteiger partial charge >= 0.3 is 5.97 Å². The first-order valence-electron chi connectivity index (χ1n) is 5.22. The van der Waals surface area contributed by atoms with Crippen molar-refractivity contribution in [2.45, 2.75) is 18.9 Å². The molecule has 0 saturated carbocycles. The Hall–Kier alpha value is -1.69. The van der Waals surface area contributed by atoms with Crippen LogP contribution in [0.4, 0.5) is 5.82 Å². The number of hydrogen-bond acceptors (Lipinski definition) is 5. The Labute approximate surface area is 93.1 Å². The molecule has 2 heterocycles. The Kier molecular flexibility index (Phi) is 3.00. The van der Waals surface area contributed by atoms with E-state index in [0.29, 0.717) is 0 Å². The van der Waals surface area contributed by atoms with Gasteiger partial charge in [0.25, 0.3) is 0 Å². The first kappa shape index (κ1) is 10.8. The van der Waals surface area contributed by atoms with Gasteiger partial charge in [-0.1, -0.05) is 0 Å². The number of nitrogens with zero attached hydrogens (tertiary/aromatic N) is 3. The van der Waals surface area contributed by atoms with Crippen LogP contribution in [0.25, 0.3) is 0 Å². The fourth-order valence-corrected chi connectivity index (χ4v) is 1.72. The number of nitrogens with two attached hydrogens (primary N) is 1. The number of carboxylic acid groups (broad SMARTS) is 1. The van der Waals surface area contributed by atoms with Gasteiger partial charge in [0.2, 0.25) is 0 Å². The van der Waals surface area contributed by atoms with Gasteiger partial charge in [-0.05, 0) is 12.8 Å². The number of aromatic nitrogens is 2. The molecule has 1 aliphatic heterocycles. The van der Waals surface area contributed by atoms with E-state index < -0.39 is 5.97 Å². The fraction of sp³-hybridized carbons (Fsp3) is 0.500. The molecule has 1 fully saturated rings. The van der Waals surface area contributed by atoms with Gasteiger partial charge in [0.1, 0.15) is 5.82 Å². The Balaban J connectivity index is 2.07. The Morgan fingerprint density at radius 2 is 2.06 bits per heavy atom. The highest BCUT2D eigenvalue weighted by atomic mass is 16.4. The van der Waals surface area contributed by atoms with Gasteiger partial charge in [0.05, 0.1) is 12.4 Å². The van der Waals surface area contributed by atoms with Gasteiger partial charge < -0.3 is 15.7 Å². The van der Waals surface area contributed by atoms with Gasteiger partial charge in [-0.3, -0.25) is 0 Å². The summed E-state index contributed by atoms with van der Waals surface area (Å²) < 4.78 is 0. The molecule has 6 heteroatoms. The van der Waals surface area contributed by atoms with Gasteiger partial charge in [0, 0.05) is 19.1 Å². The molecule has 0 aliphatic carbocycles. The molecule has 0 unspecified atom stereocenters. The monoisotopic (exact) mass is 222 g/mol. The first-order chi connectivity index (χ1) is 7.66. The summed E-state index contributed by atoms with van der Waals surface area (Å²) >= 11 is 0. The van der Waals surface area contributed by atoms with Crippen LogP contribution in [0.2, 0.25) is 0 Å². The van der Waals surface area contributed by atoms with Crippen LogP contribution < -0.4 is 10.6 Å². The minimum Gasteiger partial charge on any atom is -0.476 e. The average Bonchev–Trinajstić information content (AvgIpc) is 2.30. The van der Waals surface area contributed by atoms with Crippen molar-refractivity contribution in [3.05, 3.63) is 18.1 Å². The molecule has 0 spiro atoms. The molecule has 3 N–H and O–H groups in total. The van der Waals surface area contributed by atoms with Crippen LogP contribution in [-0.2, 0) is 0 Å². The molecule has 0 bridgehead atoms. The van der Waals surface area contributed by atoms with Crippen molar-refractivity contribution in [1.29, 1.82) is 0 Å². The summed E-state index contributed by atoms with van der Waals surface area (Å²) in [5.74, 6) is -0.336. The molecule has 0 atom stereocenters. The molecule has 1 saturated heterocycles. The maximum absolute atomic E-state index is 10.6. The minimum absolute atomic E-state index is 0.0301. The van der Waals surface area contributed by atoms with Crippen molar-refractivity contribution < 1.29 is 9.90 Å². The average molecular weight is 222 g/mol. The van der Waals surface area contributed by atoms with Crippen LogP contribution in [0.5, 0.6) is 0 Å². The van der Waals surface area contributed by atoms with Gasteiger partial charge in [0.15, 0.2) is 5.69 Å². The summed E-state index contributed by atoms with van der Waals surface area (Å²) in [6.07, 6.45) is 4.65. The third kappa shape index (κ3) is 2.27. The number of carboxylic acids is 1. The number of aromatic carboxylic acids is 1. The highest BCUT2D eigenvalue weighted by molar-refractivity contribution is 5.84. The van der Waals surface area contributed by atoms with Gasteiger partial charge in [-0.15, -0.1) is 0 Å². The second-order valence-corrected chi connectivity index (χ2v) is 3.89. The summed E-state index contributed by atoms with van der Waals surface area (Å²) in [4.78, 5) is 20.6. The molecule has 0 aromatic carbocycles. The Morgan fingerprint density at radius 1 is 1.38 bits per heavy atom. The predicted molar refractivity (Wildman–Crippen MR) is 58.4 cm³/mol. The molecule has 6 nitrogen and oxygen atoms in total. The zero-order valence-corrected chi connectivity index (χ0v) is 8.83. The number of carbonyl (C=O) groups is 1. The van der Waals surface area contributed by atoms with Gasteiger partial charge in [-0.25, -0.2) is 14.8 Å². The standard InChI is InChI=1S/C10H14N4O2/c11-7-1-3-14(4-2-7)9-6-12-8(5-13-9)10(15)16/h5-7H,1-4,11H2,(H,15,16). The third-order valence-electron chi connectivity index (χ3n) is 2.72. The lowest BCUT2D eigenvalue weighted by atomic mass is 10.1. The number of rotatable bonds is 2. The molecule has 86 valence electrons. The van der Waals surface area contributed by atoms with Crippen LogP contribution in [-0.4, -0.2) is 40.2 Å². The van der Waals surface area contributed by atoms with E-state index in [-0.39, 0.29) is 11.7 Å². The van der Waals surface area contributed by atoms with Crippen LogP contribution >= 0.6 is 0 Å². The maximum Gasteiger partial charge on any atom is 0.356 e. The Bertz CT molecular complexity index is 371. The molecule has 0 amide bonds. The molecular weight excluding hydrogens is 208 g/mol. The second-order valence-electron chi connectivity index (χ2n) is 3.89. The quantitative estimate of drug-likeness (QED) is 0.737. The van der Waals surface area contributed by atoms with Gasteiger partial charge in [-0.2, -0.15) is 0 Å². The van der Waals surface area contributed by atoms with E-state index in [1.807, 2.05) is 0 Å². The first-order valence-corrected chi connectivity index (χ1v) is 5.22. The number of anilines is 1. The van der Waals surface area contributed by atoms with E-state index in [2.05, 4.69) is 14.9 Å². The Morgan fingerprint density at radius 3 is 2.56 bits per heavy atom. The molecule has 1 aromatic heterocycles. The lowest BCUT2D eigenvalue weighted by Gasteiger charge is -2.30. The minimum atomic E-state index is -1.06. The van der Waals surface area contributed by atoms with E-state index in [0.717, 1.165) is 31.7 Å². The lowest BCUT2D eigenvalue weighted by Crippen LogP contribution is -2.40. The molecule has 0 radical (unpaired) electrons. The van der Waals surface area contributed by atoms with Crippen molar-refractivity contribution in [2.24, 2.45) is 5.73 Å². The van der Waals surface area contributed by atoms with Crippen molar-refractivity contribution >= 4 is 11.8 Å². The van der Waals surface area contributed by atoms with E-state index in [1.54, 1.807) is 0 Å². The highest BCUT2D eigenvalue weighted by Crippen LogP contribution is 2.15. The summed E-state index contributed by atoms with van der Waals surface area (Å²) in [6.45, 7) is 1.70. The highest BCUT2D eigenvalue weighted by Gasteiger charge is 2.17. The van der Waals surface area contributed by atoms with Crippen LogP contribution in [0.1, 0.15) is 23.3 Å². The SMILES string of the molecule is NC1CCN(c2cnc(C(=O)O)cn2)CC1. The molecule has 1 aliphatic rings. The van der Waals surface area contributed by atoms with E-state index in [1.165, 1.54) is 12.4 Å². The zero-order chi connectivity index (χ0) is 11.5. The van der Waals surface area contributed by atoms with Crippen LogP contribution in [0.3, 0.4) is 0 Å². The topological polar surface area (TPSA) is 92.3 Å². The molecule has 2 rings (SSSR count). The number of hydrogen-bond donors (Lipinski definition) is 2. The van der Waals surface area contributed by atoms with Crippen molar-refractivity contribution in [3.8, 4) is 0 Å². The molecule has 16 heavy (non-hydrogen) atoms. The summed E-state index contributed by atoms with van der Waals surface area (Å²) in [7, 11) is 0. The molecule has 1 aromatic rings. The second kappa shape index (κ2) is 4.44. The third-order valence-corrected chi connectivity index (χ3v) is 2.72. The van der Waals surface area contributed by atoms with Crippen molar-refractivity contribution in [1.82, 2.24) is 9.97 Å². The van der Waals surface area contributed by atoms with E-state index in [4.69, 9.17) is 10.8 Å². The largest absolute Gasteiger partial charge is 0.476 e. The van der Waals surface area contributed by atoms with Crippen molar-refractivity contribution in [3.63, 3.8) is 0 Å².